The number of nitrogens with two attached hydrogens (primary N) is 1. The third-order valence-corrected chi connectivity index (χ3v) is 3.67. The SMILES string of the molecule is CC(O/N=C/c1ccccc1C(O)CN)c1cccc(C(F)(F)F)c1. The van der Waals surface area contributed by atoms with Gasteiger partial charge in [-0.15, -0.1) is 0 Å². The highest BCUT2D eigenvalue weighted by atomic mass is 19.4. The number of aliphatic hydroxyl groups excluding tert-OH is 1. The fraction of sp³-hybridized carbons (Fsp3) is 0.278. The zero-order chi connectivity index (χ0) is 18.4. The first-order valence-corrected chi connectivity index (χ1v) is 7.66. The Kier molecular flexibility index (Phi) is 6.17. The molecular formula is C18H19F3N2O2. The molecule has 0 radical (unpaired) electrons. The van der Waals surface area contributed by atoms with Crippen molar-refractivity contribution in [2.75, 3.05) is 6.54 Å². The van der Waals surface area contributed by atoms with Gasteiger partial charge in [0, 0.05) is 12.1 Å². The predicted molar refractivity (Wildman–Crippen MR) is 89.0 cm³/mol. The minimum Gasteiger partial charge on any atom is -0.388 e. The van der Waals surface area contributed by atoms with Crippen LogP contribution in [-0.4, -0.2) is 17.9 Å². The fourth-order valence-electron chi connectivity index (χ4n) is 2.27. The second-order valence-corrected chi connectivity index (χ2v) is 5.49. The second kappa shape index (κ2) is 8.13. The van der Waals surface area contributed by atoms with Gasteiger partial charge in [0.15, 0.2) is 0 Å². The molecule has 0 saturated heterocycles. The Bertz CT molecular complexity index is 732. The van der Waals surface area contributed by atoms with Crippen LogP contribution in [0.5, 0.6) is 0 Å². The van der Waals surface area contributed by atoms with Gasteiger partial charge in [-0.3, -0.25) is 0 Å². The zero-order valence-corrected chi connectivity index (χ0v) is 13.6. The van der Waals surface area contributed by atoms with Crippen LogP contribution in [0.4, 0.5) is 13.2 Å². The molecule has 0 aliphatic heterocycles. The molecule has 0 saturated carbocycles. The van der Waals surface area contributed by atoms with Crippen molar-refractivity contribution >= 4 is 6.21 Å². The Labute approximate surface area is 143 Å². The molecule has 0 aromatic heterocycles. The average molecular weight is 352 g/mol. The molecule has 0 aliphatic carbocycles. The molecule has 0 amide bonds. The van der Waals surface area contributed by atoms with Crippen LogP contribution in [0.25, 0.3) is 0 Å². The van der Waals surface area contributed by atoms with E-state index in [0.717, 1.165) is 12.1 Å². The second-order valence-electron chi connectivity index (χ2n) is 5.49. The van der Waals surface area contributed by atoms with Gasteiger partial charge in [-0.05, 0) is 30.2 Å². The molecule has 0 bridgehead atoms. The standard InChI is InChI=1S/C18H19F3N2O2/c1-12(13-6-4-7-15(9-13)18(19,20)21)25-23-11-14-5-2-3-8-16(14)17(24)10-22/h2-9,11-12,17,24H,10,22H2,1H3/b23-11+. The number of benzene rings is 2. The smallest absolute Gasteiger partial charge is 0.388 e. The number of halogens is 3. The van der Waals surface area contributed by atoms with Gasteiger partial charge >= 0.3 is 6.18 Å². The van der Waals surface area contributed by atoms with Gasteiger partial charge in [0.1, 0.15) is 6.10 Å². The molecular weight excluding hydrogens is 333 g/mol. The normalized spacial score (nSPS) is 14.5. The largest absolute Gasteiger partial charge is 0.416 e. The van der Waals surface area contributed by atoms with Gasteiger partial charge in [-0.1, -0.05) is 41.6 Å². The maximum absolute atomic E-state index is 12.8. The van der Waals surface area contributed by atoms with E-state index in [4.69, 9.17) is 10.6 Å². The summed E-state index contributed by atoms with van der Waals surface area (Å²) in [6.45, 7) is 1.67. The van der Waals surface area contributed by atoms with Gasteiger partial charge in [-0.25, -0.2) is 0 Å². The summed E-state index contributed by atoms with van der Waals surface area (Å²) in [5.74, 6) is 0. The van der Waals surface area contributed by atoms with E-state index in [2.05, 4.69) is 5.16 Å². The van der Waals surface area contributed by atoms with E-state index in [1.807, 2.05) is 0 Å². The van der Waals surface area contributed by atoms with Crippen molar-refractivity contribution in [1.29, 1.82) is 0 Å². The lowest BCUT2D eigenvalue weighted by molar-refractivity contribution is -0.137. The number of oxime groups is 1. The number of nitrogens with zero attached hydrogens (tertiary/aromatic N) is 1. The molecule has 2 unspecified atom stereocenters. The first-order chi connectivity index (χ1) is 11.8. The lowest BCUT2D eigenvalue weighted by Crippen LogP contribution is -2.13. The zero-order valence-electron chi connectivity index (χ0n) is 13.6. The van der Waals surface area contributed by atoms with Gasteiger partial charge in [0.25, 0.3) is 0 Å². The van der Waals surface area contributed by atoms with Gasteiger partial charge in [-0.2, -0.15) is 13.2 Å². The number of rotatable bonds is 6. The molecule has 0 spiro atoms. The molecule has 25 heavy (non-hydrogen) atoms. The number of alkyl halides is 3. The highest BCUT2D eigenvalue weighted by Crippen LogP contribution is 2.31. The van der Waals surface area contributed by atoms with E-state index in [1.54, 1.807) is 37.3 Å². The third kappa shape index (κ3) is 5.04. The van der Waals surface area contributed by atoms with E-state index >= 15 is 0 Å². The van der Waals surface area contributed by atoms with Crippen LogP contribution in [0.1, 0.15) is 41.4 Å². The Hall–Kier alpha value is -2.38. The van der Waals surface area contributed by atoms with Crippen molar-refractivity contribution in [1.82, 2.24) is 0 Å². The van der Waals surface area contributed by atoms with Crippen molar-refractivity contribution in [2.24, 2.45) is 10.9 Å². The van der Waals surface area contributed by atoms with Crippen molar-refractivity contribution in [3.8, 4) is 0 Å². The number of hydrogen-bond acceptors (Lipinski definition) is 4. The summed E-state index contributed by atoms with van der Waals surface area (Å²) >= 11 is 0. The Morgan fingerprint density at radius 3 is 2.60 bits per heavy atom. The highest BCUT2D eigenvalue weighted by molar-refractivity contribution is 5.81. The number of hydrogen-bond donors (Lipinski definition) is 2. The molecule has 0 fully saturated rings. The Balaban J connectivity index is 2.10. The molecule has 2 aromatic rings. The van der Waals surface area contributed by atoms with Crippen molar-refractivity contribution in [3.05, 3.63) is 70.8 Å². The maximum atomic E-state index is 12.8. The summed E-state index contributed by atoms with van der Waals surface area (Å²) in [7, 11) is 0. The van der Waals surface area contributed by atoms with Crippen LogP contribution in [0.3, 0.4) is 0 Å². The van der Waals surface area contributed by atoms with Gasteiger partial charge in [0.2, 0.25) is 0 Å². The summed E-state index contributed by atoms with van der Waals surface area (Å²) in [5.41, 5.74) is 6.31. The summed E-state index contributed by atoms with van der Waals surface area (Å²) in [5, 5.41) is 13.7. The van der Waals surface area contributed by atoms with Gasteiger partial charge in [0.05, 0.1) is 17.9 Å². The van der Waals surface area contributed by atoms with Crippen LogP contribution < -0.4 is 5.73 Å². The van der Waals surface area contributed by atoms with Crippen LogP contribution in [0.2, 0.25) is 0 Å². The Morgan fingerprint density at radius 2 is 1.92 bits per heavy atom. The molecule has 2 atom stereocenters. The molecule has 2 aromatic carbocycles. The van der Waals surface area contributed by atoms with Crippen LogP contribution in [0.15, 0.2) is 53.7 Å². The highest BCUT2D eigenvalue weighted by Gasteiger charge is 2.30. The summed E-state index contributed by atoms with van der Waals surface area (Å²) < 4.78 is 38.3. The lowest BCUT2D eigenvalue weighted by atomic mass is 10.0. The molecule has 134 valence electrons. The van der Waals surface area contributed by atoms with E-state index in [0.29, 0.717) is 16.7 Å². The van der Waals surface area contributed by atoms with Crippen LogP contribution >= 0.6 is 0 Å². The summed E-state index contributed by atoms with van der Waals surface area (Å²) in [6.07, 6.45) is -4.50. The fourth-order valence-corrected chi connectivity index (χ4v) is 2.27. The minimum atomic E-state index is -4.41. The van der Waals surface area contributed by atoms with Gasteiger partial charge < -0.3 is 15.7 Å². The predicted octanol–water partition coefficient (Wildman–Crippen LogP) is 3.81. The molecule has 0 heterocycles. The van der Waals surface area contributed by atoms with E-state index in [1.165, 1.54) is 12.3 Å². The molecule has 7 heteroatoms. The first kappa shape index (κ1) is 19.0. The van der Waals surface area contributed by atoms with Crippen LogP contribution in [0, 0.1) is 0 Å². The van der Waals surface area contributed by atoms with E-state index < -0.39 is 23.9 Å². The number of aliphatic hydroxyl groups is 1. The molecule has 4 nitrogen and oxygen atoms in total. The van der Waals surface area contributed by atoms with E-state index in [9.17, 15) is 18.3 Å². The maximum Gasteiger partial charge on any atom is 0.416 e. The van der Waals surface area contributed by atoms with Crippen molar-refractivity contribution < 1.29 is 23.1 Å². The van der Waals surface area contributed by atoms with Crippen molar-refractivity contribution in [2.45, 2.75) is 25.3 Å². The monoisotopic (exact) mass is 352 g/mol. The van der Waals surface area contributed by atoms with E-state index in [-0.39, 0.29) is 6.54 Å². The summed E-state index contributed by atoms with van der Waals surface area (Å²) in [6, 6.07) is 11.9. The first-order valence-electron chi connectivity index (χ1n) is 7.66. The van der Waals surface area contributed by atoms with Crippen LogP contribution in [-0.2, 0) is 11.0 Å². The van der Waals surface area contributed by atoms with Crippen molar-refractivity contribution in [3.63, 3.8) is 0 Å². The quantitative estimate of drug-likeness (QED) is 0.614. The molecule has 3 N–H and O–H groups in total. The average Bonchev–Trinajstić information content (AvgIpc) is 2.60. The third-order valence-electron chi connectivity index (χ3n) is 3.67. The molecule has 0 aliphatic rings. The summed E-state index contributed by atoms with van der Waals surface area (Å²) in [4.78, 5) is 5.26. The molecule has 2 rings (SSSR count). The topological polar surface area (TPSA) is 67.8 Å². The Morgan fingerprint density at radius 1 is 1.20 bits per heavy atom. The minimum absolute atomic E-state index is 0.0619. The lowest BCUT2D eigenvalue weighted by Gasteiger charge is -2.13.